The summed E-state index contributed by atoms with van der Waals surface area (Å²) in [6.45, 7) is 3.86. The second kappa shape index (κ2) is 11.0. The summed E-state index contributed by atoms with van der Waals surface area (Å²) in [4.78, 5) is 16.7. The average molecular weight is 499 g/mol. The van der Waals surface area contributed by atoms with Crippen molar-refractivity contribution in [3.05, 3.63) is 83.9 Å². The third kappa shape index (κ3) is 4.97. The van der Waals surface area contributed by atoms with Gasteiger partial charge in [-0.05, 0) is 92.1 Å². The summed E-state index contributed by atoms with van der Waals surface area (Å²) in [6.07, 6.45) is 9.92. The zero-order valence-electron chi connectivity index (χ0n) is 22.2. The summed E-state index contributed by atoms with van der Waals surface area (Å²) in [5, 5.41) is 6.18. The van der Waals surface area contributed by atoms with Gasteiger partial charge in [-0.25, -0.2) is 0 Å². The average Bonchev–Trinajstić information content (AvgIpc) is 3.51. The number of nitrogens with zero attached hydrogens (tertiary/aromatic N) is 1. The molecule has 0 bridgehead atoms. The Morgan fingerprint density at radius 2 is 1.78 bits per heavy atom. The van der Waals surface area contributed by atoms with Gasteiger partial charge >= 0.3 is 0 Å². The zero-order chi connectivity index (χ0) is 25.8. The number of allylic oxidation sites excluding steroid dienone is 2. The first-order valence-electron chi connectivity index (χ1n) is 13.4. The number of hydrogen-bond acceptors (Lipinski definition) is 4. The zero-order valence-corrected chi connectivity index (χ0v) is 22.2. The van der Waals surface area contributed by atoms with Gasteiger partial charge in [0.25, 0.3) is 5.91 Å². The Kier molecular flexibility index (Phi) is 7.52. The lowest BCUT2D eigenvalue weighted by molar-refractivity contribution is 0.00926. The van der Waals surface area contributed by atoms with Crippen LogP contribution in [0.5, 0.6) is 11.5 Å². The summed E-state index contributed by atoms with van der Waals surface area (Å²) < 4.78 is 11.0. The van der Waals surface area contributed by atoms with E-state index in [2.05, 4.69) is 71.8 Å². The molecule has 5 rings (SSSR count). The molecular weight excluding hydrogens is 460 g/mol. The molecule has 194 valence electrons. The molecule has 3 aromatic rings. The lowest BCUT2D eigenvalue weighted by Gasteiger charge is -2.51. The number of benzene rings is 3. The standard InChI is InChI=1S/C32H38N2O3/c1-32(30-14-9-19-33-30,27-12-5-4-6-13-27)34(22-23-15-16-24-10-7-8-11-25(24)20-23)31(35)26-17-18-28(36-2)29(21-26)37-3/h4-5,7-8,10-11,15-18,20-21,27,30,33H,6,9,12-14,19,22H2,1-3H3. The van der Waals surface area contributed by atoms with Gasteiger partial charge in [0, 0.05) is 18.2 Å². The van der Waals surface area contributed by atoms with Gasteiger partial charge in [-0.1, -0.05) is 48.6 Å². The number of methoxy groups -OCH3 is 2. The smallest absolute Gasteiger partial charge is 0.254 e. The molecule has 1 fully saturated rings. The molecule has 2 aliphatic rings. The second-order valence-corrected chi connectivity index (χ2v) is 10.5. The highest BCUT2D eigenvalue weighted by Gasteiger charge is 2.48. The van der Waals surface area contributed by atoms with Crippen molar-refractivity contribution in [1.82, 2.24) is 10.2 Å². The van der Waals surface area contributed by atoms with Crippen LogP contribution in [0.3, 0.4) is 0 Å². The van der Waals surface area contributed by atoms with Gasteiger partial charge in [0.05, 0.1) is 19.8 Å². The monoisotopic (exact) mass is 498 g/mol. The molecule has 3 aromatic carbocycles. The Morgan fingerprint density at radius 3 is 2.49 bits per heavy atom. The van der Waals surface area contributed by atoms with Crippen molar-refractivity contribution in [1.29, 1.82) is 0 Å². The molecule has 1 saturated heterocycles. The third-order valence-electron chi connectivity index (χ3n) is 8.47. The summed E-state index contributed by atoms with van der Waals surface area (Å²) in [5.41, 5.74) is 1.41. The Bertz CT molecular complexity index is 1280. The van der Waals surface area contributed by atoms with Gasteiger partial charge in [0.1, 0.15) is 0 Å². The quantitative estimate of drug-likeness (QED) is 0.367. The first-order chi connectivity index (χ1) is 18.0. The first kappa shape index (κ1) is 25.3. The molecule has 1 aliphatic carbocycles. The lowest BCUT2D eigenvalue weighted by atomic mass is 9.71. The molecule has 0 spiro atoms. The van der Waals surface area contributed by atoms with Crippen molar-refractivity contribution in [3.63, 3.8) is 0 Å². The van der Waals surface area contributed by atoms with Crippen LogP contribution in [0.2, 0.25) is 0 Å². The molecule has 1 amide bonds. The number of nitrogens with one attached hydrogen (secondary N) is 1. The minimum Gasteiger partial charge on any atom is -0.493 e. The van der Waals surface area contributed by atoms with E-state index in [4.69, 9.17) is 9.47 Å². The molecule has 0 radical (unpaired) electrons. The van der Waals surface area contributed by atoms with Crippen LogP contribution in [-0.4, -0.2) is 43.2 Å². The largest absolute Gasteiger partial charge is 0.493 e. The van der Waals surface area contributed by atoms with Crippen LogP contribution in [0.25, 0.3) is 10.8 Å². The second-order valence-electron chi connectivity index (χ2n) is 10.5. The van der Waals surface area contributed by atoms with E-state index >= 15 is 0 Å². The molecule has 37 heavy (non-hydrogen) atoms. The maximum absolute atomic E-state index is 14.5. The van der Waals surface area contributed by atoms with E-state index in [0.717, 1.165) is 44.2 Å². The molecule has 1 heterocycles. The maximum atomic E-state index is 14.5. The number of amides is 1. The van der Waals surface area contributed by atoms with Gasteiger partial charge in [0.2, 0.25) is 0 Å². The van der Waals surface area contributed by atoms with Crippen molar-refractivity contribution >= 4 is 16.7 Å². The fourth-order valence-corrected chi connectivity index (χ4v) is 6.31. The van der Waals surface area contributed by atoms with Gasteiger partial charge < -0.3 is 19.7 Å². The van der Waals surface area contributed by atoms with E-state index in [0.29, 0.717) is 29.5 Å². The molecule has 3 unspecified atom stereocenters. The maximum Gasteiger partial charge on any atom is 0.254 e. The number of fused-ring (bicyclic) bond motifs is 1. The van der Waals surface area contributed by atoms with Gasteiger partial charge in [-0.2, -0.15) is 0 Å². The summed E-state index contributed by atoms with van der Waals surface area (Å²) in [6, 6.07) is 20.7. The van der Waals surface area contributed by atoms with Crippen LogP contribution >= 0.6 is 0 Å². The molecular formula is C32H38N2O3. The van der Waals surface area contributed by atoms with E-state index in [1.807, 2.05) is 18.2 Å². The number of ether oxygens (including phenoxy) is 2. The van der Waals surface area contributed by atoms with Crippen molar-refractivity contribution in [2.45, 2.75) is 57.2 Å². The summed E-state index contributed by atoms with van der Waals surface area (Å²) in [7, 11) is 3.23. The number of hydrogen-bond donors (Lipinski definition) is 1. The summed E-state index contributed by atoms with van der Waals surface area (Å²) >= 11 is 0. The van der Waals surface area contributed by atoms with Crippen LogP contribution in [0.4, 0.5) is 0 Å². The van der Waals surface area contributed by atoms with Crippen LogP contribution in [0, 0.1) is 5.92 Å². The molecule has 1 N–H and O–H groups in total. The number of rotatable bonds is 8. The van der Waals surface area contributed by atoms with Crippen LogP contribution in [0.1, 0.15) is 54.9 Å². The van der Waals surface area contributed by atoms with Crippen molar-refractivity contribution in [2.75, 3.05) is 20.8 Å². The van der Waals surface area contributed by atoms with Gasteiger partial charge in [-0.3, -0.25) is 4.79 Å². The van der Waals surface area contributed by atoms with E-state index in [1.165, 1.54) is 10.8 Å². The Morgan fingerprint density at radius 1 is 0.973 bits per heavy atom. The number of carbonyl (C=O) groups is 1. The van der Waals surface area contributed by atoms with E-state index in [9.17, 15) is 4.79 Å². The molecule has 0 saturated carbocycles. The molecule has 1 aliphatic heterocycles. The van der Waals surface area contributed by atoms with Crippen LogP contribution in [0.15, 0.2) is 72.8 Å². The Balaban J connectivity index is 1.60. The molecule has 3 atom stereocenters. The predicted molar refractivity (Wildman–Crippen MR) is 149 cm³/mol. The van der Waals surface area contributed by atoms with Crippen LogP contribution < -0.4 is 14.8 Å². The van der Waals surface area contributed by atoms with Crippen LogP contribution in [-0.2, 0) is 6.54 Å². The van der Waals surface area contributed by atoms with Gasteiger partial charge in [0.15, 0.2) is 11.5 Å². The first-order valence-corrected chi connectivity index (χ1v) is 13.4. The number of carbonyl (C=O) groups excluding carboxylic acids is 1. The fourth-order valence-electron chi connectivity index (χ4n) is 6.31. The topological polar surface area (TPSA) is 50.8 Å². The third-order valence-corrected chi connectivity index (χ3v) is 8.47. The minimum absolute atomic E-state index is 0.0277. The highest BCUT2D eigenvalue weighted by molar-refractivity contribution is 5.95. The van der Waals surface area contributed by atoms with E-state index in [1.54, 1.807) is 14.2 Å². The summed E-state index contributed by atoms with van der Waals surface area (Å²) in [5.74, 6) is 1.59. The normalized spacial score (nSPS) is 20.9. The fraction of sp³-hybridized carbons (Fsp3) is 0.406. The Labute approximate surface area is 220 Å². The van der Waals surface area contributed by atoms with E-state index < -0.39 is 0 Å². The Hall–Kier alpha value is -3.31. The van der Waals surface area contributed by atoms with Crippen molar-refractivity contribution in [2.24, 2.45) is 5.92 Å². The van der Waals surface area contributed by atoms with Crippen molar-refractivity contribution < 1.29 is 14.3 Å². The van der Waals surface area contributed by atoms with Crippen molar-refractivity contribution in [3.8, 4) is 11.5 Å². The molecule has 0 aromatic heterocycles. The van der Waals surface area contributed by atoms with Gasteiger partial charge in [-0.15, -0.1) is 0 Å². The lowest BCUT2D eigenvalue weighted by Crippen LogP contribution is -2.63. The minimum atomic E-state index is -0.350. The highest BCUT2D eigenvalue weighted by Crippen LogP contribution is 2.41. The molecule has 5 heteroatoms. The SMILES string of the molecule is COc1ccc(C(=O)N(Cc2ccc3ccccc3c2)C(C)(C2CC=CCC2)C2CCCN2)cc1OC. The molecule has 5 nitrogen and oxygen atoms in total. The highest BCUT2D eigenvalue weighted by atomic mass is 16.5. The van der Waals surface area contributed by atoms with E-state index in [-0.39, 0.29) is 17.5 Å². The predicted octanol–water partition coefficient (Wildman–Crippen LogP) is 6.37.